The summed E-state index contributed by atoms with van der Waals surface area (Å²) in [4.78, 5) is 11.7. The maximum absolute atomic E-state index is 4.74. The van der Waals surface area contributed by atoms with Gasteiger partial charge in [-0.25, -0.2) is 4.98 Å². The number of hydrogen-bond donors (Lipinski definition) is 1. The molecule has 1 saturated heterocycles. The van der Waals surface area contributed by atoms with Crippen LogP contribution in [-0.2, 0) is 5.41 Å². The Kier molecular flexibility index (Phi) is 4.24. The second kappa shape index (κ2) is 6.19. The largest absolute Gasteiger partial charge is 0.356 e. The van der Waals surface area contributed by atoms with E-state index in [2.05, 4.69) is 66.3 Å². The summed E-state index contributed by atoms with van der Waals surface area (Å²) in [5, 5.41) is 3.43. The first kappa shape index (κ1) is 15.8. The van der Waals surface area contributed by atoms with Gasteiger partial charge in [-0.2, -0.15) is 4.98 Å². The fraction of sp³-hybridized carbons (Fsp3) is 0.474. The highest BCUT2D eigenvalue weighted by Gasteiger charge is 2.19. The van der Waals surface area contributed by atoms with E-state index in [1.54, 1.807) is 0 Å². The van der Waals surface area contributed by atoms with Gasteiger partial charge in [0.2, 0.25) is 5.95 Å². The highest BCUT2D eigenvalue weighted by atomic mass is 15.2. The summed E-state index contributed by atoms with van der Waals surface area (Å²) in [6.45, 7) is 10.9. The molecule has 122 valence electrons. The summed E-state index contributed by atoms with van der Waals surface area (Å²) in [6.07, 6.45) is 2.50. The van der Waals surface area contributed by atoms with E-state index in [4.69, 9.17) is 4.98 Å². The van der Waals surface area contributed by atoms with Gasteiger partial charge in [0.25, 0.3) is 0 Å². The summed E-state index contributed by atoms with van der Waals surface area (Å²) in [7, 11) is 0. The molecular weight excluding hydrogens is 284 g/mol. The van der Waals surface area contributed by atoms with Crippen molar-refractivity contribution in [3.05, 3.63) is 41.6 Å². The first-order valence-electron chi connectivity index (χ1n) is 8.41. The minimum atomic E-state index is 0.0746. The van der Waals surface area contributed by atoms with Gasteiger partial charge in [0.15, 0.2) is 0 Å². The third-order valence-corrected chi connectivity index (χ3v) is 4.25. The van der Waals surface area contributed by atoms with Crippen molar-refractivity contribution in [1.29, 1.82) is 0 Å². The van der Waals surface area contributed by atoms with Crippen LogP contribution < -0.4 is 10.2 Å². The molecule has 0 bridgehead atoms. The number of nitrogens with one attached hydrogen (secondary N) is 1. The molecule has 0 spiro atoms. The first-order valence-corrected chi connectivity index (χ1v) is 8.41. The third kappa shape index (κ3) is 3.63. The highest BCUT2D eigenvalue weighted by Crippen LogP contribution is 2.31. The lowest BCUT2D eigenvalue weighted by atomic mass is 9.86. The van der Waals surface area contributed by atoms with Crippen molar-refractivity contribution in [3.63, 3.8) is 0 Å². The minimum Gasteiger partial charge on any atom is -0.356 e. The van der Waals surface area contributed by atoms with Gasteiger partial charge in [-0.1, -0.05) is 39.0 Å². The molecule has 23 heavy (non-hydrogen) atoms. The number of aryl methyl sites for hydroxylation is 1. The van der Waals surface area contributed by atoms with Crippen LogP contribution in [0.4, 0.5) is 17.5 Å². The molecule has 4 nitrogen and oxygen atoms in total. The zero-order valence-electron chi connectivity index (χ0n) is 14.6. The molecular formula is C19H26N4. The Hall–Kier alpha value is -2.10. The van der Waals surface area contributed by atoms with Crippen molar-refractivity contribution < 1.29 is 0 Å². The number of hydrogen-bond acceptors (Lipinski definition) is 4. The Morgan fingerprint density at radius 1 is 1.04 bits per heavy atom. The van der Waals surface area contributed by atoms with Crippen LogP contribution in [0.2, 0.25) is 0 Å². The standard InChI is InChI=1S/C19H26N4/c1-14-13-17(23-11-7-8-12-23)22-18(20-14)21-16-10-6-5-9-15(16)19(2,3)4/h5-6,9-10,13H,7-8,11-12H2,1-4H3,(H,20,21,22). The van der Waals surface area contributed by atoms with Crippen molar-refractivity contribution in [2.24, 2.45) is 0 Å². The topological polar surface area (TPSA) is 41.1 Å². The van der Waals surface area contributed by atoms with E-state index < -0.39 is 0 Å². The van der Waals surface area contributed by atoms with Crippen LogP contribution in [0.15, 0.2) is 30.3 Å². The Balaban J connectivity index is 1.92. The predicted molar refractivity (Wildman–Crippen MR) is 96.6 cm³/mol. The van der Waals surface area contributed by atoms with E-state index in [0.29, 0.717) is 5.95 Å². The average molecular weight is 310 g/mol. The van der Waals surface area contributed by atoms with Crippen molar-refractivity contribution in [2.45, 2.75) is 46.0 Å². The lowest BCUT2D eigenvalue weighted by molar-refractivity contribution is 0.592. The van der Waals surface area contributed by atoms with Gasteiger partial charge in [0.1, 0.15) is 5.82 Å². The molecule has 1 aromatic heterocycles. The zero-order valence-corrected chi connectivity index (χ0v) is 14.6. The predicted octanol–water partition coefficient (Wildman–Crippen LogP) is 4.43. The normalized spacial score (nSPS) is 15.0. The Labute approximate surface area is 139 Å². The van der Waals surface area contributed by atoms with E-state index >= 15 is 0 Å². The lowest BCUT2D eigenvalue weighted by Gasteiger charge is -2.23. The fourth-order valence-corrected chi connectivity index (χ4v) is 3.08. The van der Waals surface area contributed by atoms with Crippen molar-refractivity contribution in [1.82, 2.24) is 9.97 Å². The first-order chi connectivity index (χ1) is 10.9. The molecule has 3 rings (SSSR count). The molecule has 1 aromatic carbocycles. The Bertz CT molecular complexity index is 682. The van der Waals surface area contributed by atoms with E-state index in [9.17, 15) is 0 Å². The average Bonchev–Trinajstić information content (AvgIpc) is 3.00. The fourth-order valence-electron chi connectivity index (χ4n) is 3.08. The van der Waals surface area contributed by atoms with Crippen LogP contribution in [-0.4, -0.2) is 23.1 Å². The molecule has 0 aliphatic carbocycles. The SMILES string of the molecule is Cc1cc(N2CCCC2)nc(Nc2ccccc2C(C)(C)C)n1. The molecule has 4 heteroatoms. The van der Waals surface area contributed by atoms with Crippen LogP contribution in [0.3, 0.4) is 0 Å². The van der Waals surface area contributed by atoms with E-state index in [1.807, 2.05) is 6.92 Å². The molecule has 0 saturated carbocycles. The molecule has 0 atom stereocenters. The van der Waals surface area contributed by atoms with Gasteiger partial charge in [0, 0.05) is 30.5 Å². The summed E-state index contributed by atoms with van der Waals surface area (Å²) in [6, 6.07) is 10.5. The molecule has 1 fully saturated rings. The van der Waals surface area contributed by atoms with Crippen molar-refractivity contribution in [3.8, 4) is 0 Å². The monoisotopic (exact) mass is 310 g/mol. The van der Waals surface area contributed by atoms with Crippen LogP contribution in [0.25, 0.3) is 0 Å². The Morgan fingerprint density at radius 3 is 2.43 bits per heavy atom. The van der Waals surface area contributed by atoms with Gasteiger partial charge in [-0.3, -0.25) is 0 Å². The molecule has 0 radical (unpaired) electrons. The maximum Gasteiger partial charge on any atom is 0.229 e. The van der Waals surface area contributed by atoms with Crippen molar-refractivity contribution >= 4 is 17.5 Å². The molecule has 1 N–H and O–H groups in total. The molecule has 1 aliphatic heterocycles. The summed E-state index contributed by atoms with van der Waals surface area (Å²) < 4.78 is 0. The van der Waals surface area contributed by atoms with Gasteiger partial charge in [0.05, 0.1) is 0 Å². The smallest absolute Gasteiger partial charge is 0.229 e. The number of aromatic nitrogens is 2. The highest BCUT2D eigenvalue weighted by molar-refractivity contribution is 5.61. The number of anilines is 3. The van der Waals surface area contributed by atoms with Gasteiger partial charge in [-0.05, 0) is 36.8 Å². The van der Waals surface area contributed by atoms with Gasteiger partial charge in [-0.15, -0.1) is 0 Å². The van der Waals surface area contributed by atoms with Crippen LogP contribution in [0, 0.1) is 6.92 Å². The molecule has 1 aliphatic rings. The second-order valence-corrected chi connectivity index (χ2v) is 7.31. The lowest BCUT2D eigenvalue weighted by Crippen LogP contribution is -2.20. The van der Waals surface area contributed by atoms with E-state index in [1.165, 1.54) is 18.4 Å². The zero-order chi connectivity index (χ0) is 16.4. The summed E-state index contributed by atoms with van der Waals surface area (Å²) in [5.74, 6) is 1.72. The van der Waals surface area contributed by atoms with Crippen LogP contribution in [0.5, 0.6) is 0 Å². The Morgan fingerprint density at radius 2 is 1.74 bits per heavy atom. The number of para-hydroxylation sites is 1. The van der Waals surface area contributed by atoms with Crippen LogP contribution >= 0.6 is 0 Å². The number of benzene rings is 1. The minimum absolute atomic E-state index is 0.0746. The molecule has 0 amide bonds. The van der Waals surface area contributed by atoms with E-state index in [0.717, 1.165) is 30.3 Å². The molecule has 2 aromatic rings. The molecule has 2 heterocycles. The van der Waals surface area contributed by atoms with Crippen molar-refractivity contribution in [2.75, 3.05) is 23.3 Å². The van der Waals surface area contributed by atoms with Gasteiger partial charge >= 0.3 is 0 Å². The summed E-state index contributed by atoms with van der Waals surface area (Å²) in [5.41, 5.74) is 3.43. The second-order valence-electron chi connectivity index (χ2n) is 7.31. The maximum atomic E-state index is 4.74. The number of rotatable bonds is 3. The molecule has 0 unspecified atom stereocenters. The third-order valence-electron chi connectivity index (χ3n) is 4.25. The van der Waals surface area contributed by atoms with Gasteiger partial charge < -0.3 is 10.2 Å². The summed E-state index contributed by atoms with van der Waals surface area (Å²) >= 11 is 0. The van der Waals surface area contributed by atoms with E-state index in [-0.39, 0.29) is 5.41 Å². The number of nitrogens with zero attached hydrogens (tertiary/aromatic N) is 3. The quantitative estimate of drug-likeness (QED) is 0.910. The van der Waals surface area contributed by atoms with Crippen LogP contribution in [0.1, 0.15) is 44.9 Å².